The van der Waals surface area contributed by atoms with E-state index in [0.29, 0.717) is 11.5 Å². The van der Waals surface area contributed by atoms with Crippen LogP contribution in [0.25, 0.3) is 56.0 Å². The molecule has 166 valence electrons. The van der Waals surface area contributed by atoms with Gasteiger partial charge in [0.05, 0.1) is 34.1 Å². The third-order valence-corrected chi connectivity index (χ3v) is 5.84. The molecule has 6 aromatic rings. The van der Waals surface area contributed by atoms with Gasteiger partial charge in [-0.05, 0) is 42.0 Å². The zero-order chi connectivity index (χ0) is 23.2. The number of rotatable bonds is 4. The SMILES string of the molecule is CN(C)c1cncc(-c2ccc3[nH]nc(-c4nc5c(-c6ccc(F)cc6)cccc5[nH]4)c3n2)c1. The second-order valence-corrected chi connectivity index (χ2v) is 8.29. The topological polar surface area (TPSA) is 86.4 Å². The molecule has 8 heteroatoms. The first-order valence-corrected chi connectivity index (χ1v) is 10.8. The molecule has 0 radical (unpaired) electrons. The third kappa shape index (κ3) is 3.36. The number of aromatic nitrogens is 6. The van der Waals surface area contributed by atoms with E-state index in [4.69, 9.17) is 9.97 Å². The summed E-state index contributed by atoms with van der Waals surface area (Å²) in [5, 5.41) is 7.55. The van der Waals surface area contributed by atoms with Crippen molar-refractivity contribution in [1.29, 1.82) is 0 Å². The number of halogens is 1. The van der Waals surface area contributed by atoms with Crippen molar-refractivity contribution >= 4 is 27.8 Å². The van der Waals surface area contributed by atoms with Crippen molar-refractivity contribution in [2.45, 2.75) is 0 Å². The number of para-hydroxylation sites is 1. The minimum absolute atomic E-state index is 0.269. The second kappa shape index (κ2) is 7.77. The summed E-state index contributed by atoms with van der Waals surface area (Å²) in [5.74, 6) is 0.343. The minimum Gasteiger partial charge on any atom is -0.376 e. The Hall–Kier alpha value is -4.59. The summed E-state index contributed by atoms with van der Waals surface area (Å²) in [6.07, 6.45) is 3.62. The lowest BCUT2D eigenvalue weighted by Crippen LogP contribution is -2.08. The molecular formula is C26H20FN7. The van der Waals surface area contributed by atoms with Crippen LogP contribution in [-0.4, -0.2) is 44.2 Å². The summed E-state index contributed by atoms with van der Waals surface area (Å²) >= 11 is 0. The van der Waals surface area contributed by atoms with E-state index in [0.717, 1.165) is 50.1 Å². The van der Waals surface area contributed by atoms with Gasteiger partial charge in [-0.3, -0.25) is 10.1 Å². The van der Waals surface area contributed by atoms with E-state index < -0.39 is 0 Å². The van der Waals surface area contributed by atoms with E-state index in [1.165, 1.54) is 12.1 Å². The molecule has 0 aliphatic heterocycles. The molecule has 0 aliphatic rings. The largest absolute Gasteiger partial charge is 0.376 e. The van der Waals surface area contributed by atoms with Crippen molar-refractivity contribution in [3.8, 4) is 33.9 Å². The molecule has 4 heterocycles. The fraction of sp³-hybridized carbons (Fsp3) is 0.0769. The van der Waals surface area contributed by atoms with Gasteiger partial charge in [0.2, 0.25) is 0 Å². The Morgan fingerprint density at radius 2 is 1.68 bits per heavy atom. The van der Waals surface area contributed by atoms with Crippen molar-refractivity contribution in [1.82, 2.24) is 30.1 Å². The van der Waals surface area contributed by atoms with Gasteiger partial charge in [-0.1, -0.05) is 24.3 Å². The first kappa shape index (κ1) is 20.0. The number of pyridine rings is 2. The number of nitrogens with one attached hydrogen (secondary N) is 2. The smallest absolute Gasteiger partial charge is 0.161 e. The molecule has 0 saturated carbocycles. The number of nitrogens with zero attached hydrogens (tertiary/aromatic N) is 5. The Labute approximate surface area is 194 Å². The second-order valence-electron chi connectivity index (χ2n) is 8.29. The van der Waals surface area contributed by atoms with Crippen molar-refractivity contribution in [3.63, 3.8) is 0 Å². The Bertz CT molecular complexity index is 1650. The first-order valence-electron chi connectivity index (χ1n) is 10.8. The zero-order valence-electron chi connectivity index (χ0n) is 18.5. The van der Waals surface area contributed by atoms with Crippen molar-refractivity contribution < 1.29 is 4.39 Å². The van der Waals surface area contributed by atoms with Gasteiger partial charge in [-0.2, -0.15) is 5.10 Å². The predicted molar refractivity (Wildman–Crippen MR) is 132 cm³/mol. The fourth-order valence-corrected chi connectivity index (χ4v) is 4.04. The first-order chi connectivity index (χ1) is 16.6. The number of anilines is 1. The Morgan fingerprint density at radius 1 is 0.824 bits per heavy atom. The molecule has 6 rings (SSSR count). The van der Waals surface area contributed by atoms with Gasteiger partial charge in [-0.25, -0.2) is 14.4 Å². The molecule has 0 fully saturated rings. The maximum atomic E-state index is 13.4. The normalized spacial score (nSPS) is 11.4. The van der Waals surface area contributed by atoms with E-state index in [1.807, 2.05) is 55.5 Å². The average molecular weight is 449 g/mol. The zero-order valence-corrected chi connectivity index (χ0v) is 18.5. The van der Waals surface area contributed by atoms with Gasteiger partial charge < -0.3 is 9.88 Å². The lowest BCUT2D eigenvalue weighted by Gasteiger charge is -2.12. The summed E-state index contributed by atoms with van der Waals surface area (Å²) in [4.78, 5) is 19.5. The number of H-pyrrole nitrogens is 2. The summed E-state index contributed by atoms with van der Waals surface area (Å²) < 4.78 is 13.4. The molecule has 0 bridgehead atoms. The van der Waals surface area contributed by atoms with E-state index in [-0.39, 0.29) is 5.82 Å². The molecule has 34 heavy (non-hydrogen) atoms. The summed E-state index contributed by atoms with van der Waals surface area (Å²) in [6, 6.07) is 18.3. The minimum atomic E-state index is -0.269. The van der Waals surface area contributed by atoms with Crippen LogP contribution in [-0.2, 0) is 0 Å². The molecule has 7 nitrogen and oxygen atoms in total. The van der Waals surface area contributed by atoms with E-state index in [1.54, 1.807) is 18.3 Å². The standard InChI is InChI=1S/C26H20FN7/c1-34(2)18-12-16(13-28-14-18)20-10-11-22-24(29-20)25(33-32-22)26-30-21-5-3-4-19(23(21)31-26)15-6-8-17(27)9-7-15/h3-14H,1-2H3,(H,30,31)(H,32,33). The van der Waals surface area contributed by atoms with Gasteiger partial charge in [-0.15, -0.1) is 0 Å². The maximum Gasteiger partial charge on any atom is 0.161 e. The van der Waals surface area contributed by atoms with Crippen LogP contribution < -0.4 is 4.90 Å². The Morgan fingerprint density at radius 3 is 2.50 bits per heavy atom. The van der Waals surface area contributed by atoms with Crippen LogP contribution in [0, 0.1) is 5.82 Å². The number of benzene rings is 2. The number of hydrogen-bond acceptors (Lipinski definition) is 5. The quantitative estimate of drug-likeness (QED) is 0.375. The van der Waals surface area contributed by atoms with Crippen LogP contribution in [0.1, 0.15) is 0 Å². The predicted octanol–water partition coefficient (Wildman–Crippen LogP) is 5.44. The van der Waals surface area contributed by atoms with Crippen molar-refractivity contribution in [3.05, 3.63) is 78.9 Å². The van der Waals surface area contributed by atoms with Crippen LogP contribution >= 0.6 is 0 Å². The van der Waals surface area contributed by atoms with Crippen LogP contribution in [0.5, 0.6) is 0 Å². The van der Waals surface area contributed by atoms with E-state index >= 15 is 0 Å². The van der Waals surface area contributed by atoms with E-state index in [2.05, 4.69) is 26.2 Å². The molecule has 0 unspecified atom stereocenters. The molecule has 0 saturated heterocycles. The fourth-order valence-electron chi connectivity index (χ4n) is 4.04. The van der Waals surface area contributed by atoms with Gasteiger partial charge in [0.15, 0.2) is 11.5 Å². The molecule has 2 aromatic carbocycles. The molecule has 0 amide bonds. The number of aromatic amines is 2. The summed E-state index contributed by atoms with van der Waals surface area (Å²) in [7, 11) is 3.96. The molecule has 4 aromatic heterocycles. The van der Waals surface area contributed by atoms with E-state index in [9.17, 15) is 4.39 Å². The van der Waals surface area contributed by atoms with Gasteiger partial charge in [0.1, 0.15) is 11.3 Å². The van der Waals surface area contributed by atoms with Crippen LogP contribution in [0.15, 0.2) is 73.1 Å². The molecule has 0 spiro atoms. The highest BCUT2D eigenvalue weighted by molar-refractivity contribution is 5.96. The Kier molecular flexibility index (Phi) is 4.58. The third-order valence-electron chi connectivity index (χ3n) is 5.84. The Balaban J connectivity index is 1.47. The highest BCUT2D eigenvalue weighted by Gasteiger charge is 2.17. The van der Waals surface area contributed by atoms with Crippen LogP contribution in [0.4, 0.5) is 10.1 Å². The summed E-state index contributed by atoms with van der Waals surface area (Å²) in [6.45, 7) is 0. The lowest BCUT2D eigenvalue weighted by molar-refractivity contribution is 0.628. The van der Waals surface area contributed by atoms with Gasteiger partial charge >= 0.3 is 0 Å². The maximum absolute atomic E-state index is 13.4. The monoisotopic (exact) mass is 449 g/mol. The highest BCUT2D eigenvalue weighted by Crippen LogP contribution is 2.32. The molecule has 0 atom stereocenters. The van der Waals surface area contributed by atoms with Crippen molar-refractivity contribution in [2.75, 3.05) is 19.0 Å². The lowest BCUT2D eigenvalue weighted by atomic mass is 10.0. The number of imidazole rings is 1. The van der Waals surface area contributed by atoms with Crippen LogP contribution in [0.3, 0.4) is 0 Å². The summed E-state index contributed by atoms with van der Waals surface area (Å²) in [5.41, 5.74) is 8.35. The number of fused-ring (bicyclic) bond motifs is 2. The average Bonchev–Trinajstić information content (AvgIpc) is 3.48. The molecule has 0 aliphatic carbocycles. The van der Waals surface area contributed by atoms with Crippen LogP contribution in [0.2, 0.25) is 0 Å². The van der Waals surface area contributed by atoms with Crippen molar-refractivity contribution in [2.24, 2.45) is 0 Å². The highest BCUT2D eigenvalue weighted by atomic mass is 19.1. The van der Waals surface area contributed by atoms with Gasteiger partial charge in [0, 0.05) is 31.4 Å². The molecular weight excluding hydrogens is 429 g/mol. The number of hydrogen-bond donors (Lipinski definition) is 2. The molecule has 2 N–H and O–H groups in total. The van der Waals surface area contributed by atoms with Gasteiger partial charge in [0.25, 0.3) is 0 Å².